The van der Waals surface area contributed by atoms with E-state index in [1.165, 1.54) is 18.4 Å². The first-order valence-corrected chi connectivity index (χ1v) is 5.71. The van der Waals surface area contributed by atoms with E-state index in [2.05, 4.69) is 22.9 Å². The lowest BCUT2D eigenvalue weighted by Gasteiger charge is -2.18. The van der Waals surface area contributed by atoms with Crippen LogP contribution >= 0.6 is 11.3 Å². The second-order valence-electron chi connectivity index (χ2n) is 3.91. The van der Waals surface area contributed by atoms with Gasteiger partial charge in [0.1, 0.15) is 0 Å². The van der Waals surface area contributed by atoms with Crippen LogP contribution in [0, 0.1) is 16.7 Å². The van der Waals surface area contributed by atoms with E-state index in [-0.39, 0.29) is 5.41 Å². The molecule has 1 aliphatic carbocycles. The zero-order valence-electron chi connectivity index (χ0n) is 7.62. The lowest BCUT2D eigenvalue weighted by molar-refractivity contribution is 0.408. The monoisotopic (exact) mass is 191 g/mol. The van der Waals surface area contributed by atoms with Gasteiger partial charge in [-0.2, -0.15) is 16.6 Å². The first-order valence-electron chi connectivity index (χ1n) is 4.77. The third-order valence-electron chi connectivity index (χ3n) is 2.92. The first kappa shape index (κ1) is 8.77. The Kier molecular flexibility index (Phi) is 2.37. The molecule has 2 rings (SSSR count). The molecule has 1 heterocycles. The molecule has 0 radical (unpaired) electrons. The van der Waals surface area contributed by atoms with Gasteiger partial charge in [-0.3, -0.25) is 0 Å². The second-order valence-corrected chi connectivity index (χ2v) is 4.69. The Hall–Kier alpha value is -0.810. The van der Waals surface area contributed by atoms with Crippen molar-refractivity contribution in [1.29, 1.82) is 5.26 Å². The minimum atomic E-state index is -0.0267. The minimum Gasteiger partial charge on any atom is -0.198 e. The molecule has 0 amide bonds. The molecule has 1 fully saturated rings. The van der Waals surface area contributed by atoms with Crippen LogP contribution in [0.1, 0.15) is 31.2 Å². The highest BCUT2D eigenvalue weighted by Gasteiger charge is 2.33. The van der Waals surface area contributed by atoms with Crippen LogP contribution in [0.25, 0.3) is 0 Å². The minimum absolute atomic E-state index is 0.0267. The molecule has 1 aromatic rings. The van der Waals surface area contributed by atoms with Crippen molar-refractivity contribution >= 4 is 11.3 Å². The Morgan fingerprint density at radius 3 is 2.77 bits per heavy atom. The number of hydrogen-bond donors (Lipinski definition) is 0. The van der Waals surface area contributed by atoms with E-state index >= 15 is 0 Å². The van der Waals surface area contributed by atoms with Crippen molar-refractivity contribution in [2.75, 3.05) is 0 Å². The number of nitriles is 1. The lowest BCUT2D eigenvalue weighted by atomic mass is 9.82. The molecule has 1 saturated carbocycles. The van der Waals surface area contributed by atoms with Gasteiger partial charge in [-0.05, 0) is 41.7 Å². The van der Waals surface area contributed by atoms with E-state index < -0.39 is 0 Å². The van der Waals surface area contributed by atoms with E-state index in [9.17, 15) is 0 Å². The molecule has 13 heavy (non-hydrogen) atoms. The van der Waals surface area contributed by atoms with Crippen LogP contribution in [0.3, 0.4) is 0 Å². The third kappa shape index (κ3) is 1.76. The molecule has 0 atom stereocenters. The number of thiophene rings is 1. The maximum Gasteiger partial charge on any atom is 0.0693 e. The Bertz CT molecular complexity index is 301. The van der Waals surface area contributed by atoms with Gasteiger partial charge in [0.2, 0.25) is 0 Å². The summed E-state index contributed by atoms with van der Waals surface area (Å²) in [6.45, 7) is 0. The molecular formula is C11H13NS. The third-order valence-corrected chi connectivity index (χ3v) is 3.65. The quantitative estimate of drug-likeness (QED) is 0.703. The van der Waals surface area contributed by atoms with Gasteiger partial charge in [-0.15, -0.1) is 0 Å². The van der Waals surface area contributed by atoms with Gasteiger partial charge in [0.25, 0.3) is 0 Å². The molecule has 68 valence electrons. The molecule has 0 aliphatic heterocycles. The maximum absolute atomic E-state index is 9.17. The Balaban J connectivity index is 2.11. The summed E-state index contributed by atoms with van der Waals surface area (Å²) >= 11 is 1.72. The zero-order chi connectivity index (χ0) is 9.15. The van der Waals surface area contributed by atoms with E-state index in [0.29, 0.717) is 0 Å². The van der Waals surface area contributed by atoms with E-state index in [4.69, 9.17) is 5.26 Å². The number of nitrogens with zero attached hydrogens (tertiary/aromatic N) is 1. The van der Waals surface area contributed by atoms with Crippen LogP contribution in [0.2, 0.25) is 0 Å². The zero-order valence-corrected chi connectivity index (χ0v) is 8.44. The van der Waals surface area contributed by atoms with Crippen molar-refractivity contribution in [1.82, 2.24) is 0 Å². The predicted molar refractivity (Wildman–Crippen MR) is 54.5 cm³/mol. The normalized spacial score (nSPS) is 19.9. The fraction of sp³-hybridized carbons (Fsp3) is 0.545. The molecule has 1 nitrogen and oxygen atoms in total. The SMILES string of the molecule is N#CC1(Cc2ccsc2)CCCC1. The van der Waals surface area contributed by atoms with Crippen LogP contribution in [-0.2, 0) is 6.42 Å². The molecule has 0 unspecified atom stereocenters. The molecule has 2 heteroatoms. The highest BCUT2D eigenvalue weighted by atomic mass is 32.1. The smallest absolute Gasteiger partial charge is 0.0693 e. The molecule has 0 aromatic carbocycles. The average molecular weight is 191 g/mol. The van der Waals surface area contributed by atoms with E-state index in [0.717, 1.165) is 19.3 Å². The van der Waals surface area contributed by atoms with E-state index in [1.54, 1.807) is 11.3 Å². The largest absolute Gasteiger partial charge is 0.198 e. The van der Waals surface area contributed by atoms with Gasteiger partial charge >= 0.3 is 0 Å². The van der Waals surface area contributed by atoms with Crippen molar-refractivity contribution in [3.63, 3.8) is 0 Å². The number of hydrogen-bond acceptors (Lipinski definition) is 2. The summed E-state index contributed by atoms with van der Waals surface area (Å²) < 4.78 is 0. The highest BCUT2D eigenvalue weighted by molar-refractivity contribution is 7.07. The molecule has 0 saturated heterocycles. The highest BCUT2D eigenvalue weighted by Crippen LogP contribution is 2.40. The van der Waals surface area contributed by atoms with Crippen molar-refractivity contribution < 1.29 is 0 Å². The van der Waals surface area contributed by atoms with Crippen molar-refractivity contribution in [2.24, 2.45) is 5.41 Å². The summed E-state index contributed by atoms with van der Waals surface area (Å²) in [4.78, 5) is 0. The first-order chi connectivity index (χ1) is 6.35. The fourth-order valence-corrected chi connectivity index (χ4v) is 2.83. The van der Waals surface area contributed by atoms with Crippen LogP contribution in [0.4, 0.5) is 0 Å². The lowest BCUT2D eigenvalue weighted by Crippen LogP contribution is -2.16. The Morgan fingerprint density at radius 2 is 2.23 bits per heavy atom. The molecule has 0 bridgehead atoms. The topological polar surface area (TPSA) is 23.8 Å². The summed E-state index contributed by atoms with van der Waals surface area (Å²) in [6, 6.07) is 4.66. The van der Waals surface area contributed by atoms with Crippen molar-refractivity contribution in [3.8, 4) is 6.07 Å². The summed E-state index contributed by atoms with van der Waals surface area (Å²) in [5, 5.41) is 13.4. The molecule has 0 N–H and O–H groups in total. The fourth-order valence-electron chi connectivity index (χ4n) is 2.16. The van der Waals surface area contributed by atoms with Crippen LogP contribution in [0.15, 0.2) is 16.8 Å². The Morgan fingerprint density at radius 1 is 1.46 bits per heavy atom. The summed E-state index contributed by atoms with van der Waals surface area (Å²) in [5.74, 6) is 0. The van der Waals surface area contributed by atoms with Gasteiger partial charge in [0.15, 0.2) is 0 Å². The molecule has 0 spiro atoms. The van der Waals surface area contributed by atoms with Crippen LogP contribution in [0.5, 0.6) is 0 Å². The van der Waals surface area contributed by atoms with Crippen LogP contribution < -0.4 is 0 Å². The van der Waals surface area contributed by atoms with Gasteiger partial charge in [-0.1, -0.05) is 12.8 Å². The average Bonchev–Trinajstić information content (AvgIpc) is 2.77. The molecular weight excluding hydrogens is 178 g/mol. The van der Waals surface area contributed by atoms with Crippen molar-refractivity contribution in [3.05, 3.63) is 22.4 Å². The van der Waals surface area contributed by atoms with Crippen molar-refractivity contribution in [2.45, 2.75) is 32.1 Å². The second kappa shape index (κ2) is 3.51. The summed E-state index contributed by atoms with van der Waals surface area (Å²) in [7, 11) is 0. The van der Waals surface area contributed by atoms with Gasteiger partial charge in [0.05, 0.1) is 11.5 Å². The molecule has 1 aromatic heterocycles. The van der Waals surface area contributed by atoms with Gasteiger partial charge < -0.3 is 0 Å². The summed E-state index contributed by atoms with van der Waals surface area (Å²) in [5.41, 5.74) is 1.31. The Labute approximate surface area is 83.0 Å². The van der Waals surface area contributed by atoms with Crippen LogP contribution in [-0.4, -0.2) is 0 Å². The molecule has 1 aliphatic rings. The van der Waals surface area contributed by atoms with Gasteiger partial charge in [0, 0.05) is 0 Å². The number of rotatable bonds is 2. The van der Waals surface area contributed by atoms with E-state index in [1.807, 2.05) is 0 Å². The maximum atomic E-state index is 9.17. The summed E-state index contributed by atoms with van der Waals surface area (Å²) in [6.07, 6.45) is 5.63. The standard InChI is InChI=1S/C11H13NS/c12-9-11(4-1-2-5-11)7-10-3-6-13-8-10/h3,6,8H,1-2,4-5,7H2. The predicted octanol–water partition coefficient (Wildman–Crippen LogP) is 3.37. The van der Waals surface area contributed by atoms with Gasteiger partial charge in [-0.25, -0.2) is 0 Å².